The Kier molecular flexibility index (Phi) is 8.30. The summed E-state index contributed by atoms with van der Waals surface area (Å²) in [5.41, 5.74) is 1.09. The summed E-state index contributed by atoms with van der Waals surface area (Å²) in [5, 5.41) is 2.97. The molecule has 0 aliphatic heterocycles. The molecule has 0 aromatic heterocycles. The summed E-state index contributed by atoms with van der Waals surface area (Å²) < 4.78 is 10.8. The zero-order valence-corrected chi connectivity index (χ0v) is 12.3. The van der Waals surface area contributed by atoms with Crippen molar-refractivity contribution in [3.8, 4) is 5.75 Å². The molecule has 0 bridgehead atoms. The molecule has 4 heteroatoms. The van der Waals surface area contributed by atoms with E-state index in [2.05, 4.69) is 11.9 Å². The number of nitrogens with two attached hydrogens (primary N) is 1. The van der Waals surface area contributed by atoms with Gasteiger partial charge in [-0.1, -0.05) is 17.7 Å². The Morgan fingerprint density at radius 2 is 2.16 bits per heavy atom. The lowest BCUT2D eigenvalue weighted by atomic mass is 10.1. The van der Waals surface area contributed by atoms with Crippen LogP contribution in [0, 0.1) is 0 Å². The number of ether oxygens (including phenoxy) is 2. The summed E-state index contributed by atoms with van der Waals surface area (Å²) in [5.74, 6) is 0.904. The van der Waals surface area contributed by atoms with Crippen molar-refractivity contribution in [2.45, 2.75) is 12.8 Å². The molecule has 0 amide bonds. The average molecular weight is 285 g/mol. The third-order valence-electron chi connectivity index (χ3n) is 2.72. The van der Waals surface area contributed by atoms with Crippen LogP contribution < -0.4 is 10.1 Å². The number of halogens is 1. The first-order valence-corrected chi connectivity index (χ1v) is 6.98. The molecule has 1 aromatic rings. The van der Waals surface area contributed by atoms with Crippen LogP contribution in [0.25, 0.3) is 0 Å². The normalized spacial score (nSPS) is 10.4. The molecular weight excluding hydrogens is 262 g/mol. The molecule has 0 aliphatic rings. The Balaban J connectivity index is 2.30. The lowest BCUT2D eigenvalue weighted by Crippen LogP contribution is -2.85. The molecule has 19 heavy (non-hydrogen) atoms. The molecule has 0 fully saturated rings. The van der Waals surface area contributed by atoms with Gasteiger partial charge in [0.25, 0.3) is 0 Å². The number of methoxy groups -OCH3 is 1. The largest absolute Gasteiger partial charge is 0.493 e. The number of hydrogen-bond acceptors (Lipinski definition) is 2. The van der Waals surface area contributed by atoms with E-state index in [-0.39, 0.29) is 0 Å². The molecule has 1 aromatic carbocycles. The van der Waals surface area contributed by atoms with Crippen LogP contribution in [0.5, 0.6) is 5.75 Å². The Labute approximate surface area is 120 Å². The number of benzene rings is 1. The molecule has 1 rings (SSSR count). The molecule has 0 heterocycles. The van der Waals surface area contributed by atoms with Crippen molar-refractivity contribution in [3.63, 3.8) is 0 Å². The van der Waals surface area contributed by atoms with Gasteiger partial charge in [0.05, 0.1) is 26.3 Å². The highest BCUT2D eigenvalue weighted by Gasteiger charge is 2.03. The molecule has 0 radical (unpaired) electrons. The predicted octanol–water partition coefficient (Wildman–Crippen LogP) is 2.05. The van der Waals surface area contributed by atoms with Gasteiger partial charge in [-0.3, -0.25) is 0 Å². The zero-order valence-electron chi connectivity index (χ0n) is 11.5. The van der Waals surface area contributed by atoms with E-state index in [0.717, 1.165) is 55.5 Å². The molecule has 0 unspecified atom stereocenters. The molecule has 0 saturated heterocycles. The van der Waals surface area contributed by atoms with Gasteiger partial charge in [0.1, 0.15) is 5.75 Å². The van der Waals surface area contributed by atoms with Gasteiger partial charge in [-0.05, 0) is 30.2 Å². The van der Waals surface area contributed by atoms with Crippen molar-refractivity contribution in [3.05, 3.63) is 41.4 Å². The Bertz CT molecular complexity index is 382. The van der Waals surface area contributed by atoms with Crippen molar-refractivity contribution in [1.82, 2.24) is 0 Å². The summed E-state index contributed by atoms with van der Waals surface area (Å²) in [4.78, 5) is 0. The summed E-state index contributed by atoms with van der Waals surface area (Å²) in [6.07, 6.45) is 3.65. The van der Waals surface area contributed by atoms with Crippen LogP contribution >= 0.6 is 11.6 Å². The van der Waals surface area contributed by atoms with Gasteiger partial charge in [-0.25, -0.2) is 0 Å². The maximum absolute atomic E-state index is 5.98. The van der Waals surface area contributed by atoms with Gasteiger partial charge in [-0.2, -0.15) is 0 Å². The second kappa shape index (κ2) is 9.84. The molecule has 0 saturated carbocycles. The molecular formula is C15H23ClNO2+. The molecule has 0 atom stereocenters. The summed E-state index contributed by atoms with van der Waals surface area (Å²) in [6, 6.07) is 5.72. The van der Waals surface area contributed by atoms with E-state index in [1.807, 2.05) is 24.3 Å². The summed E-state index contributed by atoms with van der Waals surface area (Å²) >= 11 is 5.98. The minimum absolute atomic E-state index is 0.718. The lowest BCUT2D eigenvalue weighted by Gasteiger charge is -2.10. The van der Waals surface area contributed by atoms with Crippen molar-refractivity contribution < 1.29 is 14.8 Å². The van der Waals surface area contributed by atoms with E-state index in [4.69, 9.17) is 21.1 Å². The molecule has 0 spiro atoms. The van der Waals surface area contributed by atoms with E-state index in [1.165, 1.54) is 0 Å². The van der Waals surface area contributed by atoms with Crippen LogP contribution in [0.4, 0.5) is 0 Å². The number of hydrogen-bond donors (Lipinski definition) is 1. The van der Waals surface area contributed by atoms with E-state index < -0.39 is 0 Å². The van der Waals surface area contributed by atoms with E-state index in [1.54, 1.807) is 7.11 Å². The number of allylic oxidation sites excluding steroid dienone is 1. The number of rotatable bonds is 10. The van der Waals surface area contributed by atoms with Gasteiger partial charge < -0.3 is 14.8 Å². The van der Waals surface area contributed by atoms with Gasteiger partial charge in [-0.15, -0.1) is 6.58 Å². The molecule has 0 aliphatic carbocycles. The van der Waals surface area contributed by atoms with Crippen molar-refractivity contribution in [2.24, 2.45) is 0 Å². The standard InChI is InChI=1S/C15H22ClNO2/c1-3-5-13-12-14(16)6-7-15(13)19-10-4-8-17-9-11-18-2/h3,6-7,12,17H,1,4-5,8-11H2,2H3/p+1. The summed E-state index contributed by atoms with van der Waals surface area (Å²) in [6.45, 7) is 7.31. The maximum atomic E-state index is 5.98. The minimum Gasteiger partial charge on any atom is -0.493 e. The van der Waals surface area contributed by atoms with Crippen molar-refractivity contribution in [2.75, 3.05) is 33.4 Å². The van der Waals surface area contributed by atoms with Gasteiger partial charge in [0.15, 0.2) is 0 Å². The predicted molar refractivity (Wildman–Crippen MR) is 79.0 cm³/mol. The third kappa shape index (κ3) is 6.62. The third-order valence-corrected chi connectivity index (χ3v) is 2.96. The van der Waals surface area contributed by atoms with E-state index in [0.29, 0.717) is 0 Å². The second-order valence-electron chi connectivity index (χ2n) is 4.31. The van der Waals surface area contributed by atoms with Crippen LogP contribution in [0.3, 0.4) is 0 Å². The fourth-order valence-electron chi connectivity index (χ4n) is 1.76. The first-order chi connectivity index (χ1) is 9.27. The van der Waals surface area contributed by atoms with Crippen molar-refractivity contribution >= 4 is 11.6 Å². The highest BCUT2D eigenvalue weighted by molar-refractivity contribution is 6.30. The maximum Gasteiger partial charge on any atom is 0.122 e. The smallest absolute Gasteiger partial charge is 0.122 e. The van der Waals surface area contributed by atoms with Gasteiger partial charge in [0, 0.05) is 18.6 Å². The lowest BCUT2D eigenvalue weighted by molar-refractivity contribution is -0.656. The minimum atomic E-state index is 0.718. The fourth-order valence-corrected chi connectivity index (χ4v) is 1.95. The second-order valence-corrected chi connectivity index (χ2v) is 4.74. The average Bonchev–Trinajstić information content (AvgIpc) is 2.40. The first-order valence-electron chi connectivity index (χ1n) is 6.60. The topological polar surface area (TPSA) is 35.1 Å². The Hall–Kier alpha value is -1.03. The van der Waals surface area contributed by atoms with Gasteiger partial charge in [0.2, 0.25) is 0 Å². The number of quaternary nitrogens is 1. The van der Waals surface area contributed by atoms with Crippen LogP contribution in [0.2, 0.25) is 5.02 Å². The molecule has 106 valence electrons. The van der Waals surface area contributed by atoms with Crippen LogP contribution in [0.1, 0.15) is 12.0 Å². The monoisotopic (exact) mass is 284 g/mol. The van der Waals surface area contributed by atoms with Crippen LogP contribution in [-0.4, -0.2) is 33.4 Å². The Morgan fingerprint density at radius 1 is 1.32 bits per heavy atom. The highest BCUT2D eigenvalue weighted by atomic mass is 35.5. The molecule has 2 N–H and O–H groups in total. The van der Waals surface area contributed by atoms with Gasteiger partial charge >= 0.3 is 0 Å². The van der Waals surface area contributed by atoms with E-state index >= 15 is 0 Å². The highest BCUT2D eigenvalue weighted by Crippen LogP contribution is 2.23. The van der Waals surface area contributed by atoms with Crippen LogP contribution in [0.15, 0.2) is 30.9 Å². The zero-order chi connectivity index (χ0) is 13.9. The van der Waals surface area contributed by atoms with E-state index in [9.17, 15) is 0 Å². The molecule has 3 nitrogen and oxygen atoms in total. The summed E-state index contributed by atoms with van der Waals surface area (Å²) in [7, 11) is 1.72. The van der Waals surface area contributed by atoms with Crippen LogP contribution in [-0.2, 0) is 11.2 Å². The van der Waals surface area contributed by atoms with Crippen molar-refractivity contribution in [1.29, 1.82) is 0 Å². The Morgan fingerprint density at radius 3 is 2.89 bits per heavy atom. The SMILES string of the molecule is C=CCc1cc(Cl)ccc1OCCC[NH2+]CCOC. The first kappa shape index (κ1) is 16.0. The quantitative estimate of drug-likeness (QED) is 0.527. The fraction of sp³-hybridized carbons (Fsp3) is 0.467.